The Morgan fingerprint density at radius 3 is 2.43 bits per heavy atom. The van der Waals surface area contributed by atoms with Crippen molar-refractivity contribution in [3.63, 3.8) is 0 Å². The molecule has 0 aliphatic carbocycles. The van der Waals surface area contributed by atoms with Crippen LogP contribution in [0.4, 0.5) is 0 Å². The first-order chi connectivity index (χ1) is 6.63. The van der Waals surface area contributed by atoms with Crippen LogP contribution in [-0.2, 0) is 4.79 Å². The summed E-state index contributed by atoms with van der Waals surface area (Å²) in [5, 5.41) is 8.67. The Bertz CT molecular complexity index is 188. The maximum atomic E-state index is 11.1. The van der Waals surface area contributed by atoms with Gasteiger partial charge in [0.2, 0.25) is 5.91 Å². The van der Waals surface area contributed by atoms with Crippen LogP contribution < -0.4 is 5.73 Å². The molecular weight excluding hydrogens is 182 g/mol. The topological polar surface area (TPSA) is 69.8 Å². The number of carbonyl (C=O) groups is 1. The summed E-state index contributed by atoms with van der Waals surface area (Å²) in [6.45, 7) is 5.58. The standard InChI is InChI=1S/C9H19N3O2/c1-8(10)6-11-2-4-12(5-3-11)9(14)7-13/h8,13H,2-7,10H2,1H3. The van der Waals surface area contributed by atoms with Crippen molar-refractivity contribution in [3.8, 4) is 0 Å². The lowest BCUT2D eigenvalue weighted by Gasteiger charge is -2.35. The Hall–Kier alpha value is -0.650. The highest BCUT2D eigenvalue weighted by Crippen LogP contribution is 2.02. The molecule has 0 bridgehead atoms. The van der Waals surface area contributed by atoms with Crippen LogP contribution in [-0.4, -0.2) is 66.2 Å². The van der Waals surface area contributed by atoms with Crippen LogP contribution in [0.25, 0.3) is 0 Å². The fraction of sp³-hybridized carbons (Fsp3) is 0.889. The van der Waals surface area contributed by atoms with E-state index in [4.69, 9.17) is 10.8 Å². The van der Waals surface area contributed by atoms with Crippen molar-refractivity contribution in [1.29, 1.82) is 0 Å². The number of aliphatic hydroxyl groups excluding tert-OH is 1. The molecule has 0 spiro atoms. The Balaban J connectivity index is 2.27. The van der Waals surface area contributed by atoms with Crippen molar-refractivity contribution >= 4 is 5.91 Å². The van der Waals surface area contributed by atoms with Gasteiger partial charge >= 0.3 is 0 Å². The summed E-state index contributed by atoms with van der Waals surface area (Å²) in [6.07, 6.45) is 0. The first-order valence-electron chi connectivity index (χ1n) is 5.00. The number of hydrogen-bond donors (Lipinski definition) is 2. The average Bonchev–Trinajstić information content (AvgIpc) is 2.17. The summed E-state index contributed by atoms with van der Waals surface area (Å²) in [6, 6.07) is 0.176. The first kappa shape index (κ1) is 11.4. The highest BCUT2D eigenvalue weighted by atomic mass is 16.3. The Morgan fingerprint density at radius 2 is 2.00 bits per heavy atom. The van der Waals surface area contributed by atoms with E-state index in [2.05, 4.69) is 4.90 Å². The molecule has 82 valence electrons. The number of piperazine rings is 1. The van der Waals surface area contributed by atoms with E-state index in [9.17, 15) is 4.79 Å². The largest absolute Gasteiger partial charge is 0.387 e. The maximum absolute atomic E-state index is 11.1. The van der Waals surface area contributed by atoms with E-state index in [-0.39, 0.29) is 18.6 Å². The molecule has 0 saturated carbocycles. The lowest BCUT2D eigenvalue weighted by atomic mass is 10.2. The minimum atomic E-state index is -0.382. The Kier molecular flexibility index (Phi) is 4.31. The molecule has 0 aromatic rings. The predicted molar refractivity (Wildman–Crippen MR) is 53.8 cm³/mol. The zero-order valence-corrected chi connectivity index (χ0v) is 8.65. The minimum Gasteiger partial charge on any atom is -0.387 e. The van der Waals surface area contributed by atoms with Crippen LogP contribution in [0.15, 0.2) is 0 Å². The third-order valence-electron chi connectivity index (χ3n) is 2.41. The van der Waals surface area contributed by atoms with Crippen LogP contribution in [0, 0.1) is 0 Å². The molecule has 1 heterocycles. The molecule has 1 saturated heterocycles. The van der Waals surface area contributed by atoms with E-state index >= 15 is 0 Å². The Labute approximate surface area is 84.5 Å². The van der Waals surface area contributed by atoms with E-state index in [1.807, 2.05) is 6.92 Å². The van der Waals surface area contributed by atoms with Gasteiger partial charge < -0.3 is 15.7 Å². The molecule has 5 heteroatoms. The molecule has 1 unspecified atom stereocenters. The second-order valence-corrected chi connectivity index (χ2v) is 3.82. The average molecular weight is 201 g/mol. The summed E-state index contributed by atoms with van der Waals surface area (Å²) in [7, 11) is 0. The van der Waals surface area contributed by atoms with Gasteiger partial charge in [0.05, 0.1) is 0 Å². The first-order valence-corrected chi connectivity index (χ1v) is 5.00. The number of hydrogen-bond acceptors (Lipinski definition) is 4. The number of rotatable bonds is 3. The van der Waals surface area contributed by atoms with Gasteiger partial charge in [-0.15, -0.1) is 0 Å². The predicted octanol–water partition coefficient (Wildman–Crippen LogP) is -1.53. The van der Waals surface area contributed by atoms with Crippen LogP contribution in [0.2, 0.25) is 0 Å². The third kappa shape index (κ3) is 3.25. The molecule has 3 N–H and O–H groups in total. The SMILES string of the molecule is CC(N)CN1CCN(C(=O)CO)CC1. The van der Waals surface area contributed by atoms with Gasteiger partial charge in [0.1, 0.15) is 6.61 Å². The second-order valence-electron chi connectivity index (χ2n) is 3.82. The minimum absolute atomic E-state index is 0.176. The van der Waals surface area contributed by atoms with Crippen molar-refractivity contribution in [2.45, 2.75) is 13.0 Å². The summed E-state index contributed by atoms with van der Waals surface area (Å²) in [4.78, 5) is 15.1. The smallest absolute Gasteiger partial charge is 0.248 e. The fourth-order valence-electron chi connectivity index (χ4n) is 1.69. The van der Waals surface area contributed by atoms with Crippen molar-refractivity contribution in [1.82, 2.24) is 9.80 Å². The normalized spacial score (nSPS) is 20.9. The molecule has 1 fully saturated rings. The molecular formula is C9H19N3O2. The zero-order valence-electron chi connectivity index (χ0n) is 8.65. The number of aliphatic hydroxyl groups is 1. The van der Waals surface area contributed by atoms with Crippen LogP contribution in [0.5, 0.6) is 0 Å². The van der Waals surface area contributed by atoms with Gasteiger partial charge in [0.15, 0.2) is 0 Å². The molecule has 1 rings (SSSR count). The van der Waals surface area contributed by atoms with E-state index in [0.717, 1.165) is 19.6 Å². The third-order valence-corrected chi connectivity index (χ3v) is 2.41. The fourth-order valence-corrected chi connectivity index (χ4v) is 1.69. The number of carbonyl (C=O) groups excluding carboxylic acids is 1. The maximum Gasteiger partial charge on any atom is 0.248 e. The van der Waals surface area contributed by atoms with Crippen molar-refractivity contribution in [2.24, 2.45) is 5.73 Å². The zero-order chi connectivity index (χ0) is 10.6. The summed E-state index contributed by atoms with van der Waals surface area (Å²) in [5.74, 6) is -0.176. The van der Waals surface area contributed by atoms with Gasteiger partial charge in [-0.1, -0.05) is 0 Å². The van der Waals surface area contributed by atoms with Gasteiger partial charge in [-0.2, -0.15) is 0 Å². The van der Waals surface area contributed by atoms with Crippen molar-refractivity contribution < 1.29 is 9.90 Å². The highest BCUT2D eigenvalue weighted by molar-refractivity contribution is 5.77. The van der Waals surface area contributed by atoms with E-state index in [1.165, 1.54) is 0 Å². The molecule has 0 aromatic carbocycles. The van der Waals surface area contributed by atoms with Crippen molar-refractivity contribution in [3.05, 3.63) is 0 Å². The van der Waals surface area contributed by atoms with E-state index in [1.54, 1.807) is 4.90 Å². The van der Waals surface area contributed by atoms with Gasteiger partial charge in [0, 0.05) is 38.8 Å². The van der Waals surface area contributed by atoms with Gasteiger partial charge in [0.25, 0.3) is 0 Å². The van der Waals surface area contributed by atoms with Gasteiger partial charge in [-0.05, 0) is 6.92 Å². The van der Waals surface area contributed by atoms with E-state index in [0.29, 0.717) is 13.1 Å². The number of nitrogens with zero attached hydrogens (tertiary/aromatic N) is 2. The van der Waals surface area contributed by atoms with Crippen molar-refractivity contribution in [2.75, 3.05) is 39.3 Å². The molecule has 1 aliphatic rings. The molecule has 14 heavy (non-hydrogen) atoms. The Morgan fingerprint density at radius 1 is 1.43 bits per heavy atom. The molecule has 0 aromatic heterocycles. The molecule has 0 radical (unpaired) electrons. The summed E-state index contributed by atoms with van der Waals surface area (Å²) in [5.41, 5.74) is 5.68. The van der Waals surface area contributed by atoms with Crippen LogP contribution in [0.3, 0.4) is 0 Å². The van der Waals surface area contributed by atoms with Crippen LogP contribution >= 0.6 is 0 Å². The van der Waals surface area contributed by atoms with Gasteiger partial charge in [-0.3, -0.25) is 9.69 Å². The molecule has 1 aliphatic heterocycles. The quantitative estimate of drug-likeness (QED) is 0.581. The monoisotopic (exact) mass is 201 g/mol. The molecule has 5 nitrogen and oxygen atoms in total. The summed E-state index contributed by atoms with van der Waals surface area (Å²) < 4.78 is 0. The lowest BCUT2D eigenvalue weighted by Crippen LogP contribution is -2.51. The molecule has 1 atom stereocenters. The van der Waals surface area contributed by atoms with E-state index < -0.39 is 0 Å². The van der Waals surface area contributed by atoms with Crippen LogP contribution in [0.1, 0.15) is 6.92 Å². The lowest BCUT2D eigenvalue weighted by molar-refractivity contribution is -0.135. The second kappa shape index (κ2) is 5.29. The van der Waals surface area contributed by atoms with Gasteiger partial charge in [-0.25, -0.2) is 0 Å². The molecule has 1 amide bonds. The number of nitrogens with two attached hydrogens (primary N) is 1. The summed E-state index contributed by atoms with van der Waals surface area (Å²) >= 11 is 0. The highest BCUT2D eigenvalue weighted by Gasteiger charge is 2.20. The number of amides is 1.